The Morgan fingerprint density at radius 3 is 2.75 bits per heavy atom. The summed E-state index contributed by atoms with van der Waals surface area (Å²) in [5, 5.41) is 9.18. The summed E-state index contributed by atoms with van der Waals surface area (Å²) in [6.45, 7) is 2.21. The van der Waals surface area contributed by atoms with Crippen molar-refractivity contribution in [1.29, 1.82) is 0 Å². The van der Waals surface area contributed by atoms with Crippen molar-refractivity contribution < 1.29 is 19.0 Å². The molecule has 1 atom stereocenters. The molecule has 0 spiro atoms. The molecule has 1 amide bonds. The van der Waals surface area contributed by atoms with Crippen molar-refractivity contribution in [3.8, 4) is 5.75 Å². The zero-order valence-electron chi connectivity index (χ0n) is 12.2. The van der Waals surface area contributed by atoms with Crippen molar-refractivity contribution in [3.63, 3.8) is 0 Å². The third-order valence-corrected chi connectivity index (χ3v) is 3.15. The van der Waals surface area contributed by atoms with E-state index >= 15 is 0 Å². The lowest BCUT2D eigenvalue weighted by Crippen LogP contribution is -2.29. The summed E-state index contributed by atoms with van der Waals surface area (Å²) in [4.78, 5) is 13.5. The SMILES string of the molecule is COc1ccc(CCC(=O)N(C)CCC(C)O)cc1F. The van der Waals surface area contributed by atoms with Crippen LogP contribution in [0.15, 0.2) is 18.2 Å². The molecular formula is C15H22FNO3. The molecule has 0 saturated carbocycles. The summed E-state index contributed by atoms with van der Waals surface area (Å²) < 4.78 is 18.3. The normalized spacial score (nSPS) is 12.1. The zero-order valence-corrected chi connectivity index (χ0v) is 12.2. The molecule has 0 radical (unpaired) electrons. The maximum Gasteiger partial charge on any atom is 0.222 e. The Kier molecular flexibility index (Phi) is 6.45. The molecule has 0 bridgehead atoms. The summed E-state index contributed by atoms with van der Waals surface area (Å²) in [6.07, 6.45) is 0.946. The number of methoxy groups -OCH3 is 1. The molecule has 0 fully saturated rings. The summed E-state index contributed by atoms with van der Waals surface area (Å²) in [7, 11) is 3.12. The fourth-order valence-electron chi connectivity index (χ4n) is 1.81. The van der Waals surface area contributed by atoms with Crippen LogP contribution in [0.1, 0.15) is 25.3 Å². The first-order valence-electron chi connectivity index (χ1n) is 6.68. The second kappa shape index (κ2) is 7.85. The van der Waals surface area contributed by atoms with Crippen molar-refractivity contribution in [3.05, 3.63) is 29.6 Å². The number of hydrogen-bond acceptors (Lipinski definition) is 3. The predicted octanol–water partition coefficient (Wildman–Crippen LogP) is 2.00. The predicted molar refractivity (Wildman–Crippen MR) is 75.2 cm³/mol. The summed E-state index contributed by atoms with van der Waals surface area (Å²) >= 11 is 0. The highest BCUT2D eigenvalue weighted by Crippen LogP contribution is 2.18. The number of ether oxygens (including phenoxy) is 1. The second-order valence-electron chi connectivity index (χ2n) is 4.92. The largest absolute Gasteiger partial charge is 0.494 e. The van der Waals surface area contributed by atoms with E-state index in [2.05, 4.69) is 0 Å². The van der Waals surface area contributed by atoms with Gasteiger partial charge in [-0.15, -0.1) is 0 Å². The van der Waals surface area contributed by atoms with Gasteiger partial charge < -0.3 is 14.7 Å². The van der Waals surface area contributed by atoms with Crippen molar-refractivity contribution in [2.75, 3.05) is 20.7 Å². The van der Waals surface area contributed by atoms with E-state index < -0.39 is 11.9 Å². The molecule has 1 rings (SSSR count). The number of hydrogen-bond donors (Lipinski definition) is 1. The Morgan fingerprint density at radius 2 is 2.20 bits per heavy atom. The summed E-state index contributed by atoms with van der Waals surface area (Å²) in [6, 6.07) is 4.71. The number of rotatable bonds is 7. The molecule has 0 aliphatic rings. The summed E-state index contributed by atoms with van der Waals surface area (Å²) in [5.41, 5.74) is 0.764. The van der Waals surface area contributed by atoms with Gasteiger partial charge in [-0.3, -0.25) is 4.79 Å². The van der Waals surface area contributed by atoms with Crippen molar-refractivity contribution in [2.24, 2.45) is 0 Å². The van der Waals surface area contributed by atoms with Crippen LogP contribution in [0.25, 0.3) is 0 Å². The molecule has 0 aliphatic carbocycles. The van der Waals surface area contributed by atoms with Crippen LogP contribution in [-0.2, 0) is 11.2 Å². The van der Waals surface area contributed by atoms with E-state index in [-0.39, 0.29) is 11.7 Å². The molecule has 0 aliphatic heterocycles. The quantitative estimate of drug-likeness (QED) is 0.832. The Labute approximate surface area is 119 Å². The van der Waals surface area contributed by atoms with Gasteiger partial charge in [0.25, 0.3) is 0 Å². The lowest BCUT2D eigenvalue weighted by molar-refractivity contribution is -0.130. The number of aryl methyl sites for hydroxylation is 1. The van der Waals surface area contributed by atoms with Crippen LogP contribution >= 0.6 is 0 Å². The van der Waals surface area contributed by atoms with E-state index in [4.69, 9.17) is 4.74 Å². The standard InChI is InChI=1S/C15H22FNO3/c1-11(18)8-9-17(2)15(19)7-5-12-4-6-14(20-3)13(16)10-12/h4,6,10-11,18H,5,7-9H2,1-3H3. The van der Waals surface area contributed by atoms with Crippen LogP contribution in [0.4, 0.5) is 4.39 Å². The van der Waals surface area contributed by atoms with Gasteiger partial charge in [0.2, 0.25) is 5.91 Å². The Morgan fingerprint density at radius 1 is 1.50 bits per heavy atom. The number of carbonyl (C=O) groups is 1. The molecule has 0 saturated heterocycles. The highest BCUT2D eigenvalue weighted by atomic mass is 19.1. The average molecular weight is 283 g/mol. The Bertz CT molecular complexity index is 449. The van der Waals surface area contributed by atoms with Gasteiger partial charge in [-0.05, 0) is 37.5 Å². The van der Waals surface area contributed by atoms with Gasteiger partial charge in [0.05, 0.1) is 13.2 Å². The molecule has 0 aromatic heterocycles. The van der Waals surface area contributed by atoms with Gasteiger partial charge in [-0.1, -0.05) is 6.07 Å². The molecule has 1 N–H and O–H groups in total. The third kappa shape index (κ3) is 5.17. The monoisotopic (exact) mass is 283 g/mol. The smallest absolute Gasteiger partial charge is 0.222 e. The number of nitrogens with zero attached hydrogens (tertiary/aromatic N) is 1. The minimum absolute atomic E-state index is 0.0122. The second-order valence-corrected chi connectivity index (χ2v) is 4.92. The fraction of sp³-hybridized carbons (Fsp3) is 0.533. The number of halogens is 1. The van der Waals surface area contributed by atoms with Crippen LogP contribution in [-0.4, -0.2) is 42.7 Å². The van der Waals surface area contributed by atoms with E-state index in [0.29, 0.717) is 25.8 Å². The van der Waals surface area contributed by atoms with Crippen molar-refractivity contribution in [1.82, 2.24) is 4.90 Å². The van der Waals surface area contributed by atoms with Crippen molar-refractivity contribution >= 4 is 5.91 Å². The van der Waals surface area contributed by atoms with E-state index in [9.17, 15) is 14.3 Å². The van der Waals surface area contributed by atoms with Crippen molar-refractivity contribution in [2.45, 2.75) is 32.3 Å². The van der Waals surface area contributed by atoms with E-state index in [1.807, 2.05) is 0 Å². The highest BCUT2D eigenvalue weighted by molar-refractivity contribution is 5.76. The number of aliphatic hydroxyl groups is 1. The van der Waals surface area contributed by atoms with Crippen LogP contribution < -0.4 is 4.74 Å². The van der Waals surface area contributed by atoms with Crippen LogP contribution in [0.3, 0.4) is 0 Å². The van der Waals surface area contributed by atoms with E-state index in [1.165, 1.54) is 13.2 Å². The molecule has 1 unspecified atom stereocenters. The third-order valence-electron chi connectivity index (χ3n) is 3.15. The lowest BCUT2D eigenvalue weighted by atomic mass is 10.1. The van der Waals surface area contributed by atoms with Gasteiger partial charge in [-0.25, -0.2) is 4.39 Å². The van der Waals surface area contributed by atoms with Gasteiger partial charge in [0.1, 0.15) is 0 Å². The van der Waals surface area contributed by atoms with Crippen LogP contribution in [0.5, 0.6) is 5.75 Å². The first-order valence-corrected chi connectivity index (χ1v) is 6.68. The van der Waals surface area contributed by atoms with Gasteiger partial charge in [-0.2, -0.15) is 0 Å². The number of amides is 1. The minimum atomic E-state index is -0.417. The maximum absolute atomic E-state index is 13.5. The molecule has 1 aromatic carbocycles. The number of carbonyl (C=O) groups excluding carboxylic acids is 1. The molecule has 20 heavy (non-hydrogen) atoms. The topological polar surface area (TPSA) is 49.8 Å². The number of benzene rings is 1. The average Bonchev–Trinajstić information content (AvgIpc) is 2.42. The lowest BCUT2D eigenvalue weighted by Gasteiger charge is -2.18. The molecule has 5 heteroatoms. The molecule has 1 aromatic rings. The Hall–Kier alpha value is -1.62. The van der Waals surface area contributed by atoms with Crippen LogP contribution in [0.2, 0.25) is 0 Å². The van der Waals surface area contributed by atoms with E-state index in [1.54, 1.807) is 31.0 Å². The first-order chi connectivity index (χ1) is 9.43. The summed E-state index contributed by atoms with van der Waals surface area (Å²) in [5.74, 6) is -0.226. The molecule has 112 valence electrons. The highest BCUT2D eigenvalue weighted by Gasteiger charge is 2.11. The minimum Gasteiger partial charge on any atom is -0.494 e. The Balaban J connectivity index is 2.46. The molecule has 0 heterocycles. The maximum atomic E-state index is 13.5. The fourth-order valence-corrected chi connectivity index (χ4v) is 1.81. The number of aliphatic hydroxyl groups excluding tert-OH is 1. The van der Waals surface area contributed by atoms with Gasteiger partial charge in [0, 0.05) is 20.0 Å². The first kappa shape index (κ1) is 16.4. The molecular weight excluding hydrogens is 261 g/mol. The van der Waals surface area contributed by atoms with E-state index in [0.717, 1.165) is 5.56 Å². The molecule has 4 nitrogen and oxygen atoms in total. The zero-order chi connectivity index (χ0) is 15.1. The van der Waals surface area contributed by atoms with Gasteiger partial charge >= 0.3 is 0 Å². The van der Waals surface area contributed by atoms with Crippen LogP contribution in [0, 0.1) is 5.82 Å². The van der Waals surface area contributed by atoms with Gasteiger partial charge in [0.15, 0.2) is 11.6 Å².